The van der Waals surface area contributed by atoms with Crippen LogP contribution in [0.4, 0.5) is 11.4 Å². The zero-order valence-electron chi connectivity index (χ0n) is 15.9. The number of carbonyl (C=O) groups excluding carboxylic acids is 2. The topological polar surface area (TPSA) is 67.4 Å². The minimum Gasteiger partial charge on any atom is -0.462 e. The molecule has 3 aromatic carbocycles. The van der Waals surface area contributed by atoms with Crippen molar-refractivity contribution in [3.05, 3.63) is 95.6 Å². The third kappa shape index (κ3) is 3.75. The molecule has 0 bridgehead atoms. The lowest BCUT2D eigenvalue weighted by Crippen LogP contribution is -2.10. The van der Waals surface area contributed by atoms with Gasteiger partial charge in [-0.1, -0.05) is 48.5 Å². The van der Waals surface area contributed by atoms with Crippen LogP contribution in [0, 0.1) is 0 Å². The normalized spacial score (nSPS) is 14.0. The highest BCUT2D eigenvalue weighted by Gasteiger charge is 2.28. The number of rotatable bonds is 5. The number of nitrogens with one attached hydrogen (secondary N) is 2. The number of fused-ring (bicyclic) bond motifs is 1. The maximum atomic E-state index is 12.8. The number of carbonyl (C=O) groups is 2. The van der Waals surface area contributed by atoms with Gasteiger partial charge >= 0.3 is 5.97 Å². The van der Waals surface area contributed by atoms with Gasteiger partial charge in [-0.25, -0.2) is 4.79 Å². The minimum absolute atomic E-state index is 0.152. The van der Waals surface area contributed by atoms with Gasteiger partial charge in [0.1, 0.15) is 0 Å². The van der Waals surface area contributed by atoms with Crippen molar-refractivity contribution in [2.75, 3.05) is 17.2 Å². The predicted octanol–water partition coefficient (Wildman–Crippen LogP) is 4.80. The van der Waals surface area contributed by atoms with Crippen LogP contribution >= 0.6 is 0 Å². The second kappa shape index (κ2) is 8.02. The highest BCUT2D eigenvalue weighted by molar-refractivity contribution is 6.37. The van der Waals surface area contributed by atoms with Crippen LogP contribution in [-0.4, -0.2) is 18.5 Å². The van der Waals surface area contributed by atoms with E-state index in [4.69, 9.17) is 4.74 Å². The summed E-state index contributed by atoms with van der Waals surface area (Å²) >= 11 is 0. The molecule has 29 heavy (non-hydrogen) atoms. The van der Waals surface area contributed by atoms with Crippen molar-refractivity contribution < 1.29 is 14.3 Å². The van der Waals surface area contributed by atoms with Gasteiger partial charge in [0, 0.05) is 16.9 Å². The summed E-state index contributed by atoms with van der Waals surface area (Å²) in [6, 6.07) is 24.3. The van der Waals surface area contributed by atoms with E-state index in [0.717, 1.165) is 22.5 Å². The number of anilines is 2. The van der Waals surface area contributed by atoms with E-state index in [-0.39, 0.29) is 11.9 Å². The fraction of sp³-hybridized carbons (Fsp3) is 0.0833. The average molecular weight is 384 g/mol. The van der Waals surface area contributed by atoms with Crippen LogP contribution in [-0.2, 0) is 9.53 Å². The molecular weight excluding hydrogens is 364 g/mol. The van der Waals surface area contributed by atoms with Gasteiger partial charge in [0.2, 0.25) is 0 Å². The summed E-state index contributed by atoms with van der Waals surface area (Å²) in [7, 11) is 0. The van der Waals surface area contributed by atoms with E-state index in [1.54, 1.807) is 31.2 Å². The maximum Gasteiger partial charge on any atom is 0.338 e. The molecule has 2 N–H and O–H groups in total. The Morgan fingerprint density at radius 3 is 2.31 bits per heavy atom. The lowest BCUT2D eigenvalue weighted by Gasteiger charge is -2.15. The zero-order chi connectivity index (χ0) is 20.2. The Bertz CT molecular complexity index is 1090. The highest BCUT2D eigenvalue weighted by atomic mass is 16.5. The Labute approximate surface area is 169 Å². The van der Waals surface area contributed by atoms with Crippen molar-refractivity contribution in [2.24, 2.45) is 0 Å². The largest absolute Gasteiger partial charge is 0.462 e. The molecule has 1 aliphatic heterocycles. The van der Waals surface area contributed by atoms with Gasteiger partial charge in [0.15, 0.2) is 0 Å². The summed E-state index contributed by atoms with van der Waals surface area (Å²) in [5, 5.41) is 6.30. The smallest absolute Gasteiger partial charge is 0.338 e. The molecule has 0 saturated heterocycles. The Kier molecular flexibility index (Phi) is 5.12. The van der Waals surface area contributed by atoms with Gasteiger partial charge in [0.25, 0.3) is 5.91 Å². The Hall–Kier alpha value is -3.86. The Morgan fingerprint density at radius 2 is 1.59 bits per heavy atom. The van der Waals surface area contributed by atoms with E-state index in [1.807, 2.05) is 54.6 Å². The molecule has 0 atom stereocenters. The molecule has 0 saturated carbocycles. The maximum absolute atomic E-state index is 12.8. The summed E-state index contributed by atoms with van der Waals surface area (Å²) in [5.74, 6) is -0.509. The summed E-state index contributed by atoms with van der Waals surface area (Å²) in [4.78, 5) is 24.7. The van der Waals surface area contributed by atoms with Crippen molar-refractivity contribution in [3.63, 3.8) is 0 Å². The second-order valence-electron chi connectivity index (χ2n) is 6.54. The molecule has 0 spiro atoms. The molecule has 5 heteroatoms. The van der Waals surface area contributed by atoms with E-state index in [1.165, 1.54) is 0 Å². The fourth-order valence-electron chi connectivity index (χ4n) is 3.30. The molecule has 0 aromatic heterocycles. The third-order valence-corrected chi connectivity index (χ3v) is 4.65. The monoisotopic (exact) mass is 384 g/mol. The first kappa shape index (κ1) is 18.5. The van der Waals surface area contributed by atoms with Crippen LogP contribution < -0.4 is 10.6 Å². The molecule has 4 rings (SSSR count). The van der Waals surface area contributed by atoms with Crippen molar-refractivity contribution >= 4 is 34.5 Å². The van der Waals surface area contributed by atoms with E-state index < -0.39 is 0 Å². The van der Waals surface area contributed by atoms with Crippen LogP contribution in [0.5, 0.6) is 0 Å². The molecule has 0 fully saturated rings. The van der Waals surface area contributed by atoms with Gasteiger partial charge in [-0.15, -0.1) is 0 Å². The first-order valence-corrected chi connectivity index (χ1v) is 9.42. The van der Waals surface area contributed by atoms with Crippen molar-refractivity contribution in [1.29, 1.82) is 0 Å². The van der Waals surface area contributed by atoms with E-state index in [9.17, 15) is 9.59 Å². The number of benzene rings is 3. The number of ether oxygens (including phenoxy) is 1. The minimum atomic E-state index is -0.357. The SMILES string of the molecule is CCOC(=O)c1ccc(NC(=C2C(=O)Nc3ccccc32)c2ccccc2)cc1. The number of para-hydroxylation sites is 1. The van der Waals surface area contributed by atoms with E-state index in [2.05, 4.69) is 10.6 Å². The van der Waals surface area contributed by atoms with Gasteiger partial charge in [0.05, 0.1) is 23.4 Å². The van der Waals surface area contributed by atoms with Gasteiger partial charge < -0.3 is 15.4 Å². The standard InChI is InChI=1S/C24H20N2O3/c1-2-29-24(28)17-12-14-18(15-13-17)25-22(16-8-4-3-5-9-16)21-19-10-6-7-11-20(19)26-23(21)27/h3-15,25H,2H2,1H3,(H,26,27). The molecule has 0 aliphatic carbocycles. The highest BCUT2D eigenvalue weighted by Crippen LogP contribution is 2.37. The van der Waals surface area contributed by atoms with Crippen LogP contribution in [0.3, 0.4) is 0 Å². The zero-order valence-corrected chi connectivity index (χ0v) is 15.9. The number of amides is 1. The second-order valence-corrected chi connectivity index (χ2v) is 6.54. The summed E-state index contributed by atoms with van der Waals surface area (Å²) < 4.78 is 5.03. The van der Waals surface area contributed by atoms with Crippen LogP contribution in [0.1, 0.15) is 28.4 Å². The number of hydrogen-bond acceptors (Lipinski definition) is 4. The van der Waals surface area contributed by atoms with Crippen LogP contribution in [0.15, 0.2) is 78.9 Å². The molecule has 1 heterocycles. The summed E-state index contributed by atoms with van der Waals surface area (Å²) in [6.45, 7) is 2.11. The van der Waals surface area contributed by atoms with Crippen molar-refractivity contribution in [2.45, 2.75) is 6.92 Å². The van der Waals surface area contributed by atoms with Crippen LogP contribution in [0.25, 0.3) is 11.3 Å². The molecule has 144 valence electrons. The molecule has 0 unspecified atom stereocenters. The molecule has 1 aliphatic rings. The third-order valence-electron chi connectivity index (χ3n) is 4.65. The van der Waals surface area contributed by atoms with E-state index >= 15 is 0 Å². The number of esters is 1. The lowest BCUT2D eigenvalue weighted by molar-refractivity contribution is -0.110. The quantitative estimate of drug-likeness (QED) is 0.490. The van der Waals surface area contributed by atoms with Crippen molar-refractivity contribution in [1.82, 2.24) is 0 Å². The first-order chi connectivity index (χ1) is 14.2. The molecular formula is C24H20N2O3. The molecule has 1 amide bonds. The van der Waals surface area contributed by atoms with E-state index in [0.29, 0.717) is 23.4 Å². The summed E-state index contributed by atoms with van der Waals surface area (Å²) in [6.07, 6.45) is 0. The van der Waals surface area contributed by atoms with Gasteiger partial charge in [-0.05, 0) is 42.8 Å². The molecule has 5 nitrogen and oxygen atoms in total. The van der Waals surface area contributed by atoms with Gasteiger partial charge in [-0.3, -0.25) is 4.79 Å². The fourth-order valence-corrected chi connectivity index (χ4v) is 3.30. The lowest BCUT2D eigenvalue weighted by atomic mass is 10.00. The van der Waals surface area contributed by atoms with Crippen molar-refractivity contribution in [3.8, 4) is 0 Å². The Morgan fingerprint density at radius 1 is 0.897 bits per heavy atom. The average Bonchev–Trinajstić information content (AvgIpc) is 3.09. The molecule has 3 aromatic rings. The van der Waals surface area contributed by atoms with Crippen LogP contribution in [0.2, 0.25) is 0 Å². The molecule has 0 radical (unpaired) electrons. The number of hydrogen-bond donors (Lipinski definition) is 2. The first-order valence-electron chi connectivity index (χ1n) is 9.42. The Balaban J connectivity index is 1.76. The summed E-state index contributed by atoms with van der Waals surface area (Å²) in [5.41, 5.74) is 5.08. The predicted molar refractivity (Wildman–Crippen MR) is 114 cm³/mol. The van der Waals surface area contributed by atoms with Gasteiger partial charge in [-0.2, -0.15) is 0 Å².